The number of nitrogens with one attached hydrogen (secondary N) is 1. The fourth-order valence-electron chi connectivity index (χ4n) is 2.15. The van der Waals surface area contributed by atoms with Gasteiger partial charge in [0.15, 0.2) is 23.3 Å². The lowest BCUT2D eigenvalue weighted by molar-refractivity contribution is 0.451. The highest BCUT2D eigenvalue weighted by Crippen LogP contribution is 2.31. The average molecular weight is 297 g/mol. The molecule has 0 saturated carbocycles. The Hall–Kier alpha value is -2.04. The molecule has 1 unspecified atom stereocenters. The summed E-state index contributed by atoms with van der Waals surface area (Å²) in [6, 6.07) is 8.66. The average Bonchev–Trinajstić information content (AvgIpc) is 2.46. The molecule has 0 heterocycles. The minimum atomic E-state index is -1.42. The molecule has 21 heavy (non-hydrogen) atoms. The van der Waals surface area contributed by atoms with Gasteiger partial charge in [-0.3, -0.25) is 0 Å². The van der Waals surface area contributed by atoms with Crippen LogP contribution in [-0.4, -0.2) is 0 Å². The molecule has 2 aromatic rings. The van der Waals surface area contributed by atoms with E-state index >= 15 is 0 Å². The van der Waals surface area contributed by atoms with Gasteiger partial charge in [0.05, 0.1) is 6.04 Å². The van der Waals surface area contributed by atoms with E-state index in [-0.39, 0.29) is 12.0 Å². The maximum atomic E-state index is 13.7. The summed E-state index contributed by atoms with van der Waals surface area (Å²) < 4.78 is 54.0. The predicted octanol–water partition coefficient (Wildman–Crippen LogP) is 5.05. The van der Waals surface area contributed by atoms with E-state index in [1.165, 1.54) is 0 Å². The van der Waals surface area contributed by atoms with Gasteiger partial charge in [0.2, 0.25) is 0 Å². The van der Waals surface area contributed by atoms with Crippen LogP contribution in [0.3, 0.4) is 0 Å². The van der Waals surface area contributed by atoms with Crippen molar-refractivity contribution in [2.75, 3.05) is 5.32 Å². The number of halogens is 4. The van der Waals surface area contributed by atoms with E-state index in [1.54, 1.807) is 24.3 Å². The van der Waals surface area contributed by atoms with Crippen molar-refractivity contribution >= 4 is 5.69 Å². The summed E-state index contributed by atoms with van der Waals surface area (Å²) in [4.78, 5) is 0. The van der Waals surface area contributed by atoms with E-state index in [4.69, 9.17) is 0 Å². The van der Waals surface area contributed by atoms with Crippen LogP contribution in [0, 0.1) is 29.2 Å². The SMILES string of the molecule is CC(C)C(Nc1c(F)c(F)cc(F)c1F)c1ccccc1. The molecule has 0 amide bonds. The third kappa shape index (κ3) is 3.17. The first-order valence-corrected chi connectivity index (χ1v) is 6.56. The second-order valence-corrected chi connectivity index (χ2v) is 5.12. The van der Waals surface area contributed by atoms with Gasteiger partial charge in [-0.15, -0.1) is 0 Å². The molecule has 1 atom stereocenters. The number of anilines is 1. The van der Waals surface area contributed by atoms with Crippen LogP contribution in [0.1, 0.15) is 25.5 Å². The van der Waals surface area contributed by atoms with Crippen LogP contribution in [0.4, 0.5) is 23.2 Å². The highest BCUT2D eigenvalue weighted by Gasteiger charge is 2.23. The molecule has 0 aliphatic heterocycles. The highest BCUT2D eigenvalue weighted by atomic mass is 19.2. The molecule has 2 aromatic carbocycles. The fraction of sp³-hybridized carbons (Fsp3) is 0.250. The van der Waals surface area contributed by atoms with E-state index in [0.29, 0.717) is 0 Å². The zero-order valence-corrected chi connectivity index (χ0v) is 11.6. The van der Waals surface area contributed by atoms with Gasteiger partial charge >= 0.3 is 0 Å². The fourth-order valence-corrected chi connectivity index (χ4v) is 2.15. The molecule has 112 valence electrons. The molecule has 0 radical (unpaired) electrons. The van der Waals surface area contributed by atoms with E-state index in [9.17, 15) is 17.6 Å². The van der Waals surface area contributed by atoms with Gasteiger partial charge in [0.25, 0.3) is 0 Å². The standard InChI is InChI=1S/C16H15F4N/c1-9(2)15(10-6-4-3-5-7-10)21-16-13(19)11(17)8-12(18)14(16)20/h3-9,15,21H,1-2H3. The third-order valence-electron chi connectivity index (χ3n) is 3.24. The molecule has 0 aliphatic rings. The van der Waals surface area contributed by atoms with Crippen molar-refractivity contribution in [1.29, 1.82) is 0 Å². The van der Waals surface area contributed by atoms with Crippen molar-refractivity contribution in [3.63, 3.8) is 0 Å². The summed E-state index contributed by atoms with van der Waals surface area (Å²) >= 11 is 0. The molecule has 0 saturated heterocycles. The zero-order chi connectivity index (χ0) is 15.6. The van der Waals surface area contributed by atoms with Gasteiger partial charge in [0.1, 0.15) is 5.69 Å². The lowest BCUT2D eigenvalue weighted by atomic mass is 9.95. The first-order valence-electron chi connectivity index (χ1n) is 6.56. The van der Waals surface area contributed by atoms with Crippen molar-refractivity contribution in [2.45, 2.75) is 19.9 Å². The highest BCUT2D eigenvalue weighted by molar-refractivity contribution is 5.49. The van der Waals surface area contributed by atoms with Crippen LogP contribution in [0.25, 0.3) is 0 Å². The maximum absolute atomic E-state index is 13.7. The number of hydrogen-bond donors (Lipinski definition) is 1. The monoisotopic (exact) mass is 297 g/mol. The second-order valence-electron chi connectivity index (χ2n) is 5.12. The zero-order valence-electron chi connectivity index (χ0n) is 11.6. The van der Waals surface area contributed by atoms with Crippen LogP contribution >= 0.6 is 0 Å². The van der Waals surface area contributed by atoms with Crippen molar-refractivity contribution in [3.8, 4) is 0 Å². The smallest absolute Gasteiger partial charge is 0.185 e. The molecule has 0 bridgehead atoms. The van der Waals surface area contributed by atoms with Gasteiger partial charge in [0, 0.05) is 6.07 Å². The molecular weight excluding hydrogens is 282 g/mol. The van der Waals surface area contributed by atoms with Crippen molar-refractivity contribution in [2.24, 2.45) is 5.92 Å². The predicted molar refractivity (Wildman–Crippen MR) is 73.9 cm³/mol. The minimum absolute atomic E-state index is 0.0440. The molecule has 2 rings (SSSR count). The van der Waals surface area contributed by atoms with Crippen LogP contribution < -0.4 is 5.32 Å². The Balaban J connectivity index is 2.43. The number of hydrogen-bond acceptors (Lipinski definition) is 1. The van der Waals surface area contributed by atoms with E-state index in [0.717, 1.165) is 5.56 Å². The molecule has 0 aromatic heterocycles. The molecule has 0 fully saturated rings. The summed E-state index contributed by atoms with van der Waals surface area (Å²) in [5, 5.41) is 2.58. The number of rotatable bonds is 4. The lowest BCUT2D eigenvalue weighted by Gasteiger charge is -2.24. The van der Waals surface area contributed by atoms with Gasteiger partial charge in [-0.2, -0.15) is 0 Å². The number of benzene rings is 2. The Morgan fingerprint density at radius 1 is 0.857 bits per heavy atom. The van der Waals surface area contributed by atoms with Crippen LogP contribution in [0.5, 0.6) is 0 Å². The quantitative estimate of drug-likeness (QED) is 0.615. The van der Waals surface area contributed by atoms with Crippen molar-refractivity contribution in [1.82, 2.24) is 0 Å². The van der Waals surface area contributed by atoms with Gasteiger partial charge in [-0.05, 0) is 11.5 Å². The van der Waals surface area contributed by atoms with Crippen LogP contribution in [0.15, 0.2) is 36.4 Å². The summed E-state index contributed by atoms with van der Waals surface area (Å²) in [7, 11) is 0. The molecule has 0 spiro atoms. The summed E-state index contributed by atoms with van der Waals surface area (Å²) in [5.74, 6) is -5.73. The van der Waals surface area contributed by atoms with Crippen LogP contribution in [-0.2, 0) is 0 Å². The lowest BCUT2D eigenvalue weighted by Crippen LogP contribution is -2.19. The van der Waals surface area contributed by atoms with Gasteiger partial charge < -0.3 is 5.32 Å². The normalized spacial score (nSPS) is 12.5. The molecular formula is C16H15F4N. The topological polar surface area (TPSA) is 12.0 Å². The Kier molecular flexibility index (Phi) is 4.50. The summed E-state index contributed by atoms with van der Waals surface area (Å²) in [6.45, 7) is 3.69. The Morgan fingerprint density at radius 3 is 1.86 bits per heavy atom. The Morgan fingerprint density at radius 2 is 1.38 bits per heavy atom. The molecule has 1 N–H and O–H groups in total. The molecule has 1 nitrogen and oxygen atoms in total. The van der Waals surface area contributed by atoms with Gasteiger partial charge in [-0.25, -0.2) is 17.6 Å². The Bertz CT molecular complexity index is 600. The molecule has 5 heteroatoms. The van der Waals surface area contributed by atoms with Crippen molar-refractivity contribution < 1.29 is 17.6 Å². The van der Waals surface area contributed by atoms with Gasteiger partial charge in [-0.1, -0.05) is 44.2 Å². The maximum Gasteiger partial charge on any atom is 0.185 e. The summed E-state index contributed by atoms with van der Waals surface area (Å²) in [6.07, 6.45) is 0. The third-order valence-corrected chi connectivity index (χ3v) is 3.24. The first kappa shape index (κ1) is 15.4. The molecule has 0 aliphatic carbocycles. The Labute approximate surface area is 120 Å². The van der Waals surface area contributed by atoms with Crippen molar-refractivity contribution in [3.05, 3.63) is 65.2 Å². The van der Waals surface area contributed by atoms with E-state index < -0.39 is 35.0 Å². The largest absolute Gasteiger partial charge is 0.373 e. The summed E-state index contributed by atoms with van der Waals surface area (Å²) in [5.41, 5.74) is -0.00831. The second kappa shape index (κ2) is 6.16. The minimum Gasteiger partial charge on any atom is -0.373 e. The first-order chi connectivity index (χ1) is 9.91. The van der Waals surface area contributed by atoms with E-state index in [1.807, 2.05) is 19.9 Å². The van der Waals surface area contributed by atoms with Crippen LogP contribution in [0.2, 0.25) is 0 Å². The van der Waals surface area contributed by atoms with E-state index in [2.05, 4.69) is 5.32 Å².